The highest BCUT2D eigenvalue weighted by atomic mass is 16.5. The Labute approximate surface area is 174 Å². The summed E-state index contributed by atoms with van der Waals surface area (Å²) in [7, 11) is 0. The molecule has 0 saturated carbocycles. The maximum atomic E-state index is 8.96. The first-order valence-corrected chi connectivity index (χ1v) is 10.9. The van der Waals surface area contributed by atoms with Gasteiger partial charge in [0.2, 0.25) is 0 Å². The molecule has 3 N–H and O–H groups in total. The third kappa shape index (κ3) is 5.58. The molecule has 3 unspecified atom stereocenters. The van der Waals surface area contributed by atoms with E-state index in [4.69, 9.17) is 9.84 Å². The second-order valence-corrected chi connectivity index (χ2v) is 8.36. The van der Waals surface area contributed by atoms with E-state index in [0.717, 1.165) is 38.3 Å². The maximum Gasteiger partial charge on any atom is 0.119 e. The topological polar surface area (TPSA) is 56.8 Å². The Morgan fingerprint density at radius 3 is 2.79 bits per heavy atom. The van der Waals surface area contributed by atoms with Crippen molar-refractivity contribution in [3.05, 3.63) is 65.7 Å². The van der Waals surface area contributed by atoms with Gasteiger partial charge >= 0.3 is 0 Å². The highest BCUT2D eigenvalue weighted by Crippen LogP contribution is 2.28. The molecule has 0 spiro atoms. The predicted molar refractivity (Wildman–Crippen MR) is 116 cm³/mol. The van der Waals surface area contributed by atoms with Crippen LogP contribution < -0.4 is 15.6 Å². The van der Waals surface area contributed by atoms with Crippen molar-refractivity contribution in [2.45, 2.75) is 31.8 Å². The molecule has 0 aliphatic carbocycles. The molecule has 0 bridgehead atoms. The van der Waals surface area contributed by atoms with Crippen LogP contribution >= 0.6 is 0 Å². The summed E-state index contributed by atoms with van der Waals surface area (Å²) in [4.78, 5) is 2.58. The maximum absolute atomic E-state index is 8.96. The summed E-state index contributed by atoms with van der Waals surface area (Å²) in [5, 5.41) is 8.96. The van der Waals surface area contributed by atoms with Gasteiger partial charge in [0, 0.05) is 25.7 Å². The molecule has 3 atom stereocenters. The van der Waals surface area contributed by atoms with Crippen molar-refractivity contribution in [3.8, 4) is 5.75 Å². The van der Waals surface area contributed by atoms with Crippen molar-refractivity contribution in [2.24, 2.45) is 11.8 Å². The molecule has 29 heavy (non-hydrogen) atoms. The molecule has 156 valence electrons. The van der Waals surface area contributed by atoms with Crippen molar-refractivity contribution in [1.29, 1.82) is 0 Å². The second kappa shape index (κ2) is 10.2. The average molecular weight is 396 g/mol. The second-order valence-electron chi connectivity index (χ2n) is 8.36. The Morgan fingerprint density at radius 1 is 1.07 bits per heavy atom. The van der Waals surface area contributed by atoms with Crippen LogP contribution in [-0.4, -0.2) is 48.9 Å². The van der Waals surface area contributed by atoms with Crippen molar-refractivity contribution >= 4 is 0 Å². The molecule has 4 rings (SSSR count). The Hall–Kier alpha value is -1.92. The minimum Gasteiger partial charge on any atom is -0.491 e. The molecule has 2 heterocycles. The molecule has 2 aliphatic heterocycles. The van der Waals surface area contributed by atoms with Gasteiger partial charge in [-0.3, -0.25) is 15.8 Å². The number of benzene rings is 2. The minimum atomic E-state index is 0.0462. The fourth-order valence-electron chi connectivity index (χ4n) is 4.85. The zero-order chi connectivity index (χ0) is 19.9. The van der Waals surface area contributed by atoms with Gasteiger partial charge in [0.1, 0.15) is 12.4 Å². The molecular formula is C24H33N3O2. The summed E-state index contributed by atoms with van der Waals surface area (Å²) in [6.45, 7) is 4.67. The molecule has 0 radical (unpaired) electrons. The van der Waals surface area contributed by atoms with E-state index >= 15 is 0 Å². The van der Waals surface area contributed by atoms with Gasteiger partial charge in [-0.2, -0.15) is 0 Å². The van der Waals surface area contributed by atoms with E-state index in [1.165, 1.54) is 24.0 Å². The number of aliphatic hydroxyl groups excluding tert-OH is 1. The van der Waals surface area contributed by atoms with Crippen molar-refractivity contribution in [1.82, 2.24) is 15.8 Å². The fraction of sp³-hybridized carbons (Fsp3) is 0.500. The number of rotatable bonds is 8. The van der Waals surface area contributed by atoms with Crippen LogP contribution in [0.15, 0.2) is 54.6 Å². The SMILES string of the molecule is OCCOc1cccc(CN2CCCC(C3NNCC3Cc3ccccc3)C2)c1. The van der Waals surface area contributed by atoms with E-state index in [1.54, 1.807) is 0 Å². The number of nitrogens with zero attached hydrogens (tertiary/aromatic N) is 1. The van der Waals surface area contributed by atoms with E-state index in [9.17, 15) is 0 Å². The Morgan fingerprint density at radius 2 is 1.93 bits per heavy atom. The van der Waals surface area contributed by atoms with Crippen molar-refractivity contribution in [2.75, 3.05) is 32.8 Å². The number of hydrogen-bond donors (Lipinski definition) is 3. The molecule has 5 nitrogen and oxygen atoms in total. The molecule has 0 aromatic heterocycles. The van der Waals surface area contributed by atoms with Gasteiger partial charge < -0.3 is 9.84 Å². The Balaban J connectivity index is 1.35. The smallest absolute Gasteiger partial charge is 0.119 e. The third-order valence-corrected chi connectivity index (χ3v) is 6.20. The number of hydrogen-bond acceptors (Lipinski definition) is 5. The van der Waals surface area contributed by atoms with Gasteiger partial charge in [-0.05, 0) is 60.9 Å². The highest BCUT2D eigenvalue weighted by molar-refractivity contribution is 5.28. The number of aliphatic hydroxyl groups is 1. The molecule has 2 aromatic carbocycles. The van der Waals surface area contributed by atoms with E-state index in [1.807, 2.05) is 12.1 Å². The zero-order valence-corrected chi connectivity index (χ0v) is 17.1. The number of nitrogens with one attached hydrogen (secondary N) is 2. The lowest BCUT2D eigenvalue weighted by Gasteiger charge is -2.37. The molecule has 2 aliphatic rings. The van der Waals surface area contributed by atoms with Crippen molar-refractivity contribution in [3.63, 3.8) is 0 Å². The summed E-state index contributed by atoms with van der Waals surface area (Å²) < 4.78 is 5.57. The lowest BCUT2D eigenvalue weighted by Crippen LogP contribution is -2.47. The van der Waals surface area contributed by atoms with Gasteiger partial charge in [-0.25, -0.2) is 0 Å². The van der Waals surface area contributed by atoms with Gasteiger partial charge in [0.05, 0.1) is 6.61 Å². The molecular weight excluding hydrogens is 362 g/mol. The summed E-state index contributed by atoms with van der Waals surface area (Å²) in [5.74, 6) is 2.15. The van der Waals surface area contributed by atoms with E-state index < -0.39 is 0 Å². The quantitative estimate of drug-likeness (QED) is 0.642. The fourth-order valence-corrected chi connectivity index (χ4v) is 4.85. The molecule has 5 heteroatoms. The number of ether oxygens (including phenoxy) is 1. The number of piperidine rings is 1. The van der Waals surface area contributed by atoms with Crippen LogP contribution in [0.4, 0.5) is 0 Å². The number of hydrazine groups is 1. The van der Waals surface area contributed by atoms with E-state index in [-0.39, 0.29) is 6.61 Å². The first-order valence-electron chi connectivity index (χ1n) is 10.9. The Bertz CT molecular complexity index is 755. The van der Waals surface area contributed by atoms with Crippen LogP contribution in [0.5, 0.6) is 5.75 Å². The van der Waals surface area contributed by atoms with Gasteiger partial charge in [0.25, 0.3) is 0 Å². The van der Waals surface area contributed by atoms with E-state index in [0.29, 0.717) is 24.5 Å². The monoisotopic (exact) mass is 395 g/mol. The summed E-state index contributed by atoms with van der Waals surface area (Å²) in [6, 6.07) is 19.7. The normalized spacial score (nSPS) is 25.2. The van der Waals surface area contributed by atoms with Gasteiger partial charge in [0.15, 0.2) is 0 Å². The van der Waals surface area contributed by atoms with Crippen molar-refractivity contribution < 1.29 is 9.84 Å². The van der Waals surface area contributed by atoms with Gasteiger partial charge in [-0.1, -0.05) is 42.5 Å². The van der Waals surface area contributed by atoms with Crippen LogP contribution in [0, 0.1) is 11.8 Å². The van der Waals surface area contributed by atoms with Gasteiger partial charge in [-0.15, -0.1) is 0 Å². The molecule has 2 fully saturated rings. The predicted octanol–water partition coefficient (Wildman–Crippen LogP) is 2.60. The highest BCUT2D eigenvalue weighted by Gasteiger charge is 2.35. The largest absolute Gasteiger partial charge is 0.491 e. The third-order valence-electron chi connectivity index (χ3n) is 6.20. The minimum absolute atomic E-state index is 0.0462. The van der Waals surface area contributed by atoms with Crippen LogP contribution in [0.3, 0.4) is 0 Å². The van der Waals surface area contributed by atoms with E-state index in [2.05, 4.69) is 58.2 Å². The van der Waals surface area contributed by atoms with Crippen LogP contribution in [0.2, 0.25) is 0 Å². The summed E-state index contributed by atoms with van der Waals surface area (Å²) >= 11 is 0. The first-order chi connectivity index (χ1) is 14.3. The standard InChI is InChI=1S/C24H33N3O2/c28-12-13-29-23-10-4-8-20(15-23)17-27-11-5-9-21(18-27)24-22(16-25-26-24)14-19-6-2-1-3-7-19/h1-4,6-8,10,15,21-22,24-26,28H,5,9,11-14,16-18H2. The van der Waals surface area contributed by atoms with Crippen LogP contribution in [0.25, 0.3) is 0 Å². The summed E-state index contributed by atoms with van der Waals surface area (Å²) in [6.07, 6.45) is 3.68. The number of likely N-dealkylation sites (tertiary alicyclic amines) is 1. The molecule has 2 aromatic rings. The van der Waals surface area contributed by atoms with Crippen LogP contribution in [-0.2, 0) is 13.0 Å². The lowest BCUT2D eigenvalue weighted by atomic mass is 9.81. The first kappa shape index (κ1) is 20.4. The van der Waals surface area contributed by atoms with Crippen LogP contribution in [0.1, 0.15) is 24.0 Å². The Kier molecular flexibility index (Phi) is 7.17. The average Bonchev–Trinajstić information content (AvgIpc) is 3.21. The summed E-state index contributed by atoms with van der Waals surface area (Å²) in [5.41, 5.74) is 9.73. The zero-order valence-electron chi connectivity index (χ0n) is 17.1. The molecule has 2 saturated heterocycles. The lowest BCUT2D eigenvalue weighted by molar-refractivity contribution is 0.131. The molecule has 0 amide bonds.